The first-order chi connectivity index (χ1) is 14.0. The van der Waals surface area contributed by atoms with Crippen LogP contribution in [0.5, 0.6) is 0 Å². The molecule has 2 heterocycles. The number of rotatable bonds is 7. The second-order valence-electron chi connectivity index (χ2n) is 6.90. The van der Waals surface area contributed by atoms with Gasteiger partial charge in [0.05, 0.1) is 23.5 Å². The summed E-state index contributed by atoms with van der Waals surface area (Å²) < 4.78 is 5.22. The van der Waals surface area contributed by atoms with E-state index >= 15 is 0 Å². The summed E-state index contributed by atoms with van der Waals surface area (Å²) in [7, 11) is 1.97. The number of benzene rings is 1. The highest BCUT2D eigenvalue weighted by molar-refractivity contribution is 8.00. The van der Waals surface area contributed by atoms with E-state index in [2.05, 4.69) is 16.0 Å². The molecule has 150 valence electrons. The third-order valence-electron chi connectivity index (χ3n) is 4.71. The number of pyridine rings is 1. The number of esters is 1. The Morgan fingerprint density at radius 2 is 2.07 bits per heavy atom. The number of aromatic nitrogens is 1. The summed E-state index contributed by atoms with van der Waals surface area (Å²) in [4.78, 5) is 31.8. The molecule has 1 aliphatic heterocycles. The van der Waals surface area contributed by atoms with Crippen molar-refractivity contribution in [2.24, 2.45) is 0 Å². The van der Waals surface area contributed by atoms with Crippen molar-refractivity contribution >= 4 is 23.5 Å². The molecule has 0 aliphatic carbocycles. The number of ketones is 1. The lowest BCUT2D eigenvalue weighted by molar-refractivity contribution is -0.116. The predicted molar refractivity (Wildman–Crippen MR) is 111 cm³/mol. The lowest BCUT2D eigenvalue weighted by Gasteiger charge is -2.27. The Hall–Kier alpha value is -2.69. The van der Waals surface area contributed by atoms with Gasteiger partial charge in [-0.2, -0.15) is 5.26 Å². The molecule has 6 nitrogen and oxygen atoms in total. The smallest absolute Gasteiger partial charge is 0.339 e. The average Bonchev–Trinajstić information content (AvgIpc) is 2.72. The minimum atomic E-state index is -0.504. The summed E-state index contributed by atoms with van der Waals surface area (Å²) in [5.74, 6) is -0.269. The quantitative estimate of drug-likeness (QED) is 0.513. The largest absolute Gasteiger partial charge is 0.462 e. The van der Waals surface area contributed by atoms with E-state index in [-0.39, 0.29) is 23.7 Å². The Morgan fingerprint density at radius 1 is 1.31 bits per heavy atom. The van der Waals surface area contributed by atoms with Gasteiger partial charge in [-0.05, 0) is 19.5 Å². The van der Waals surface area contributed by atoms with Crippen LogP contribution in [0.1, 0.15) is 39.7 Å². The minimum absolute atomic E-state index is 0.0435. The molecule has 0 bridgehead atoms. The zero-order chi connectivity index (χ0) is 20.8. The van der Waals surface area contributed by atoms with E-state index in [1.165, 1.54) is 11.8 Å². The van der Waals surface area contributed by atoms with E-state index in [9.17, 15) is 14.9 Å². The first-order valence-electron chi connectivity index (χ1n) is 9.53. The van der Waals surface area contributed by atoms with Crippen LogP contribution >= 0.6 is 11.8 Å². The summed E-state index contributed by atoms with van der Waals surface area (Å²) in [5, 5.41) is 10.2. The fourth-order valence-corrected chi connectivity index (χ4v) is 4.20. The Balaban J connectivity index is 1.88. The van der Waals surface area contributed by atoms with Crippen molar-refractivity contribution in [2.75, 3.05) is 26.0 Å². The van der Waals surface area contributed by atoms with Crippen LogP contribution in [0.15, 0.2) is 35.4 Å². The summed E-state index contributed by atoms with van der Waals surface area (Å²) in [5.41, 5.74) is 3.02. The highest BCUT2D eigenvalue weighted by Crippen LogP contribution is 2.31. The maximum atomic E-state index is 12.6. The highest BCUT2D eigenvalue weighted by Gasteiger charge is 2.28. The van der Waals surface area contributed by atoms with E-state index in [0.717, 1.165) is 23.4 Å². The number of likely N-dealkylation sites (N-methyl/N-ethyl adjacent to an activating group) is 1. The van der Waals surface area contributed by atoms with Gasteiger partial charge in [0, 0.05) is 37.2 Å². The van der Waals surface area contributed by atoms with Crippen LogP contribution in [0.2, 0.25) is 0 Å². The van der Waals surface area contributed by atoms with Crippen LogP contribution in [0.25, 0.3) is 0 Å². The number of ether oxygens (including phenoxy) is 1. The molecular formula is C22H23N3O3S. The first-order valence-corrected chi connectivity index (χ1v) is 10.5. The maximum absolute atomic E-state index is 12.6. The fraction of sp³-hybridized carbons (Fsp3) is 0.364. The molecule has 0 spiro atoms. The molecule has 0 saturated heterocycles. The van der Waals surface area contributed by atoms with Gasteiger partial charge < -0.3 is 9.64 Å². The zero-order valence-electron chi connectivity index (χ0n) is 16.6. The molecule has 2 aromatic rings. The van der Waals surface area contributed by atoms with E-state index in [4.69, 9.17) is 4.74 Å². The number of thioether (sulfide) groups is 1. The fourth-order valence-electron chi connectivity index (χ4n) is 3.33. The molecule has 0 radical (unpaired) electrons. The van der Waals surface area contributed by atoms with Crippen molar-refractivity contribution in [3.05, 3.63) is 58.3 Å². The van der Waals surface area contributed by atoms with Gasteiger partial charge >= 0.3 is 5.97 Å². The van der Waals surface area contributed by atoms with E-state index < -0.39 is 5.97 Å². The Labute approximate surface area is 174 Å². The molecule has 1 aliphatic rings. The number of hydrogen-bond donors (Lipinski definition) is 0. The monoisotopic (exact) mass is 409 g/mol. The molecule has 1 aromatic carbocycles. The van der Waals surface area contributed by atoms with Crippen molar-refractivity contribution in [3.8, 4) is 6.07 Å². The van der Waals surface area contributed by atoms with Crippen LogP contribution in [0.4, 0.5) is 0 Å². The molecule has 1 aromatic heterocycles. The van der Waals surface area contributed by atoms with Crippen LogP contribution in [-0.2, 0) is 28.9 Å². The van der Waals surface area contributed by atoms with E-state index in [0.29, 0.717) is 30.0 Å². The number of nitriles is 1. The SMILES string of the molecule is CCOC(=O)c1c(C#N)c(SCC(=O)Cc2ccccc2)nc2c1CN(C)CC2. The first kappa shape index (κ1) is 21.0. The molecule has 0 fully saturated rings. The molecule has 3 rings (SSSR count). The zero-order valence-corrected chi connectivity index (χ0v) is 17.4. The van der Waals surface area contributed by atoms with Crippen molar-refractivity contribution in [3.63, 3.8) is 0 Å². The molecule has 29 heavy (non-hydrogen) atoms. The van der Waals surface area contributed by atoms with Crippen molar-refractivity contribution in [1.29, 1.82) is 5.26 Å². The van der Waals surface area contributed by atoms with Gasteiger partial charge in [-0.25, -0.2) is 9.78 Å². The Bertz CT molecular complexity index is 954. The summed E-state index contributed by atoms with van der Waals surface area (Å²) >= 11 is 1.22. The maximum Gasteiger partial charge on any atom is 0.339 e. The van der Waals surface area contributed by atoms with Gasteiger partial charge in [-0.15, -0.1) is 0 Å². The number of Topliss-reactive ketones (excluding diaryl/α,β-unsaturated/α-hetero) is 1. The minimum Gasteiger partial charge on any atom is -0.462 e. The molecule has 0 N–H and O–H groups in total. The second kappa shape index (κ2) is 9.68. The van der Waals surface area contributed by atoms with Crippen LogP contribution in [-0.4, -0.2) is 47.6 Å². The number of nitrogens with zero attached hydrogens (tertiary/aromatic N) is 3. The third-order valence-corrected chi connectivity index (χ3v) is 5.75. The second-order valence-corrected chi connectivity index (χ2v) is 7.87. The van der Waals surface area contributed by atoms with Gasteiger partial charge in [0.2, 0.25) is 0 Å². The van der Waals surface area contributed by atoms with Crippen LogP contribution in [0.3, 0.4) is 0 Å². The number of carbonyl (C=O) groups excluding carboxylic acids is 2. The van der Waals surface area contributed by atoms with Gasteiger partial charge in [0.1, 0.15) is 16.9 Å². The number of fused-ring (bicyclic) bond motifs is 1. The molecule has 7 heteroatoms. The van der Waals surface area contributed by atoms with Gasteiger partial charge in [0.25, 0.3) is 0 Å². The summed E-state index contributed by atoms with van der Waals surface area (Å²) in [6.07, 6.45) is 1.02. The normalized spacial score (nSPS) is 13.4. The van der Waals surface area contributed by atoms with Crippen molar-refractivity contribution < 1.29 is 14.3 Å². The van der Waals surface area contributed by atoms with E-state index in [1.807, 2.05) is 37.4 Å². The lowest BCUT2D eigenvalue weighted by atomic mass is 9.97. The van der Waals surface area contributed by atoms with Crippen molar-refractivity contribution in [2.45, 2.75) is 31.3 Å². The molecule has 0 amide bonds. The summed E-state index contributed by atoms with van der Waals surface area (Å²) in [6.45, 7) is 3.34. The highest BCUT2D eigenvalue weighted by atomic mass is 32.2. The number of hydrogen-bond acceptors (Lipinski definition) is 7. The molecular weight excluding hydrogens is 386 g/mol. The van der Waals surface area contributed by atoms with Crippen molar-refractivity contribution in [1.82, 2.24) is 9.88 Å². The topological polar surface area (TPSA) is 83.3 Å². The van der Waals surface area contributed by atoms with Crippen LogP contribution < -0.4 is 0 Å². The summed E-state index contributed by atoms with van der Waals surface area (Å²) in [6, 6.07) is 11.7. The van der Waals surface area contributed by atoms with Gasteiger partial charge in [-0.3, -0.25) is 4.79 Å². The lowest BCUT2D eigenvalue weighted by Crippen LogP contribution is -2.30. The van der Waals surface area contributed by atoms with Gasteiger partial charge in [-0.1, -0.05) is 42.1 Å². The predicted octanol–water partition coefficient (Wildman–Crippen LogP) is 3.02. The number of carbonyl (C=O) groups is 2. The molecule has 0 saturated carbocycles. The molecule has 0 atom stereocenters. The van der Waals surface area contributed by atoms with E-state index in [1.54, 1.807) is 6.92 Å². The third kappa shape index (κ3) is 5.03. The van der Waals surface area contributed by atoms with Gasteiger partial charge in [0.15, 0.2) is 0 Å². The Kier molecular flexibility index (Phi) is 7.02. The average molecular weight is 410 g/mol. The molecule has 0 unspecified atom stereocenters. The standard InChI is InChI=1S/C22H23N3O3S/c1-3-28-22(27)20-17(12-23)21(24-19-9-10-25(2)13-18(19)20)29-14-16(26)11-15-7-5-4-6-8-15/h4-8H,3,9-11,13-14H2,1-2H3. The van der Waals surface area contributed by atoms with Crippen LogP contribution in [0, 0.1) is 11.3 Å². The Morgan fingerprint density at radius 3 is 2.76 bits per heavy atom.